The molecule has 0 spiro atoms. The Morgan fingerprint density at radius 1 is 0.867 bits per heavy atom. The third kappa shape index (κ3) is 10.6. The summed E-state index contributed by atoms with van der Waals surface area (Å²) in [6.07, 6.45) is -1.41. The molecule has 0 amide bonds. The lowest BCUT2D eigenvalue weighted by atomic mass is 10.4. The minimum Gasteiger partial charge on any atom is -0.475 e. The second-order valence-corrected chi connectivity index (χ2v) is 9.22. The molecule has 0 radical (unpaired) electrons. The number of aromatic nitrogens is 2. The minimum atomic E-state index is -4.24. The van der Waals surface area contributed by atoms with Crippen molar-refractivity contribution in [2.45, 2.75) is 0 Å². The second kappa shape index (κ2) is 11.9. The Hall–Kier alpha value is -1.34. The van der Waals surface area contributed by atoms with Gasteiger partial charge < -0.3 is 48.2 Å². The van der Waals surface area contributed by atoms with Gasteiger partial charge in [0.05, 0.1) is 32.5 Å². The molecule has 1 aromatic rings. The number of hydrogen-bond acceptors (Lipinski definition) is 10. The zero-order valence-electron chi connectivity index (χ0n) is 16.0. The van der Waals surface area contributed by atoms with Gasteiger partial charge in [0, 0.05) is 13.1 Å². The van der Waals surface area contributed by atoms with E-state index < -0.39 is 27.9 Å². The Morgan fingerprint density at radius 2 is 1.33 bits per heavy atom. The predicted octanol–water partition coefficient (Wildman–Crippen LogP) is -0.626. The summed E-state index contributed by atoms with van der Waals surface area (Å²) < 4.78 is 47.4. The molecule has 30 heavy (non-hydrogen) atoms. The van der Waals surface area contributed by atoms with Gasteiger partial charge >= 0.3 is 15.2 Å². The molecule has 0 saturated carbocycles. The summed E-state index contributed by atoms with van der Waals surface area (Å²) in [5.74, 6) is 0.674. The standard InChI is InChI=1S/C14H25N3O11P2/c18-29(19,20)10-25-5-7-27-12-9-13(28-8-6-26-11-30(21,22)23)16-14(15-12)17-1-3-24-4-2-17/h9H,1-8,10-11H2,(H2,18,19,20)(H2,21,22,23). The fourth-order valence-electron chi connectivity index (χ4n) is 2.22. The summed E-state index contributed by atoms with van der Waals surface area (Å²) in [5, 5.41) is 0. The number of rotatable bonds is 13. The Labute approximate surface area is 172 Å². The largest absolute Gasteiger partial charge is 0.475 e. The van der Waals surface area contributed by atoms with E-state index in [9.17, 15) is 9.13 Å². The molecule has 0 bridgehead atoms. The van der Waals surface area contributed by atoms with E-state index in [0.29, 0.717) is 32.3 Å². The van der Waals surface area contributed by atoms with E-state index in [0.717, 1.165) is 0 Å². The van der Waals surface area contributed by atoms with Crippen LogP contribution in [0.5, 0.6) is 11.8 Å². The van der Waals surface area contributed by atoms with Gasteiger partial charge in [-0.05, 0) is 0 Å². The van der Waals surface area contributed by atoms with E-state index in [-0.39, 0.29) is 38.2 Å². The zero-order chi connectivity index (χ0) is 22.0. The third-order valence-electron chi connectivity index (χ3n) is 3.44. The van der Waals surface area contributed by atoms with Crippen molar-refractivity contribution in [3.8, 4) is 11.8 Å². The first-order valence-corrected chi connectivity index (χ1v) is 12.4. The molecule has 0 aliphatic carbocycles. The van der Waals surface area contributed by atoms with Crippen LogP contribution in [0.2, 0.25) is 0 Å². The van der Waals surface area contributed by atoms with E-state index in [1.807, 2.05) is 4.90 Å². The molecule has 0 atom stereocenters. The summed E-state index contributed by atoms with van der Waals surface area (Å²) >= 11 is 0. The van der Waals surface area contributed by atoms with Gasteiger partial charge in [-0.25, -0.2) is 0 Å². The van der Waals surface area contributed by atoms with Crippen LogP contribution in [0, 0.1) is 0 Å². The van der Waals surface area contributed by atoms with Gasteiger partial charge in [-0.1, -0.05) is 0 Å². The van der Waals surface area contributed by atoms with Gasteiger partial charge in [0.2, 0.25) is 17.7 Å². The zero-order valence-corrected chi connectivity index (χ0v) is 17.8. The van der Waals surface area contributed by atoms with Crippen LogP contribution in [0.15, 0.2) is 6.07 Å². The van der Waals surface area contributed by atoms with E-state index in [1.54, 1.807) is 0 Å². The second-order valence-electron chi connectivity index (χ2n) is 6.04. The molecule has 2 rings (SSSR count). The molecular weight excluding hydrogens is 448 g/mol. The number of hydrogen-bond donors (Lipinski definition) is 4. The van der Waals surface area contributed by atoms with Crippen molar-refractivity contribution in [3.05, 3.63) is 6.07 Å². The Bertz CT molecular complexity index is 700. The van der Waals surface area contributed by atoms with Gasteiger partial charge in [-0.3, -0.25) is 9.13 Å². The van der Waals surface area contributed by atoms with Crippen LogP contribution in [0.1, 0.15) is 0 Å². The van der Waals surface area contributed by atoms with Crippen LogP contribution >= 0.6 is 15.2 Å². The van der Waals surface area contributed by atoms with Crippen LogP contribution in [0.25, 0.3) is 0 Å². The molecule has 1 aliphatic heterocycles. The van der Waals surface area contributed by atoms with Crippen molar-refractivity contribution in [2.75, 3.05) is 70.3 Å². The molecule has 1 aliphatic rings. The maximum atomic E-state index is 10.8. The highest BCUT2D eigenvalue weighted by Crippen LogP contribution is 2.34. The average Bonchev–Trinajstić information content (AvgIpc) is 2.66. The summed E-state index contributed by atoms with van der Waals surface area (Å²) in [5.41, 5.74) is 0. The van der Waals surface area contributed by atoms with Gasteiger partial charge in [0.15, 0.2) is 0 Å². The first-order chi connectivity index (χ1) is 14.1. The molecule has 0 aromatic carbocycles. The Balaban J connectivity index is 1.92. The van der Waals surface area contributed by atoms with E-state index in [1.165, 1.54) is 6.07 Å². The Morgan fingerprint density at radius 3 is 1.77 bits per heavy atom. The summed E-state index contributed by atoms with van der Waals surface area (Å²) in [7, 11) is -8.49. The number of anilines is 1. The maximum absolute atomic E-state index is 10.8. The normalized spacial score (nSPS) is 15.3. The summed E-state index contributed by atoms with van der Waals surface area (Å²) in [4.78, 5) is 45.5. The van der Waals surface area contributed by atoms with Crippen molar-refractivity contribution >= 4 is 21.1 Å². The molecule has 14 nitrogen and oxygen atoms in total. The predicted molar refractivity (Wildman–Crippen MR) is 102 cm³/mol. The number of nitrogens with zero attached hydrogens (tertiary/aromatic N) is 3. The van der Waals surface area contributed by atoms with E-state index in [2.05, 4.69) is 9.97 Å². The van der Waals surface area contributed by atoms with Crippen LogP contribution in [-0.4, -0.2) is 95.0 Å². The van der Waals surface area contributed by atoms with Crippen molar-refractivity contribution < 1.29 is 52.4 Å². The topological polar surface area (TPSA) is 190 Å². The van der Waals surface area contributed by atoms with E-state index in [4.69, 9.17) is 43.3 Å². The first-order valence-electron chi connectivity index (χ1n) is 8.84. The van der Waals surface area contributed by atoms with Crippen molar-refractivity contribution in [2.24, 2.45) is 0 Å². The Kier molecular flexibility index (Phi) is 9.88. The fraction of sp³-hybridized carbons (Fsp3) is 0.714. The van der Waals surface area contributed by atoms with Gasteiger partial charge in [0.25, 0.3) is 0 Å². The molecular formula is C14H25N3O11P2. The van der Waals surface area contributed by atoms with Crippen molar-refractivity contribution in [3.63, 3.8) is 0 Å². The maximum Gasteiger partial charge on any atom is 0.350 e. The lowest BCUT2D eigenvalue weighted by Crippen LogP contribution is -2.37. The molecule has 1 saturated heterocycles. The smallest absolute Gasteiger partial charge is 0.350 e. The van der Waals surface area contributed by atoms with Crippen molar-refractivity contribution in [1.29, 1.82) is 0 Å². The number of ether oxygens (including phenoxy) is 5. The highest BCUT2D eigenvalue weighted by atomic mass is 31.2. The highest BCUT2D eigenvalue weighted by Gasteiger charge is 2.18. The lowest BCUT2D eigenvalue weighted by Gasteiger charge is -2.27. The minimum absolute atomic E-state index is 0.00952. The van der Waals surface area contributed by atoms with Crippen molar-refractivity contribution in [1.82, 2.24) is 9.97 Å². The summed E-state index contributed by atoms with van der Waals surface area (Å²) in [6, 6.07) is 1.41. The van der Waals surface area contributed by atoms with Crippen LogP contribution in [-0.2, 0) is 23.3 Å². The van der Waals surface area contributed by atoms with E-state index >= 15 is 0 Å². The number of morpholine rings is 1. The molecule has 4 N–H and O–H groups in total. The van der Waals surface area contributed by atoms with Gasteiger partial charge in [0.1, 0.15) is 25.9 Å². The molecule has 16 heteroatoms. The van der Waals surface area contributed by atoms with Gasteiger partial charge in [-0.15, -0.1) is 0 Å². The third-order valence-corrected chi connectivity index (χ3v) is 4.47. The lowest BCUT2D eigenvalue weighted by molar-refractivity contribution is 0.113. The molecule has 1 fully saturated rings. The summed E-state index contributed by atoms with van der Waals surface area (Å²) in [6.45, 7) is 2.02. The van der Waals surface area contributed by atoms with Gasteiger partial charge in [-0.2, -0.15) is 9.97 Å². The van der Waals surface area contributed by atoms with Crippen LogP contribution in [0.3, 0.4) is 0 Å². The highest BCUT2D eigenvalue weighted by molar-refractivity contribution is 7.51. The quantitative estimate of drug-likeness (QED) is 0.209. The van der Waals surface area contributed by atoms with Crippen LogP contribution < -0.4 is 14.4 Å². The van der Waals surface area contributed by atoms with Crippen LogP contribution in [0.4, 0.5) is 5.95 Å². The average molecular weight is 473 g/mol. The molecule has 0 unspecified atom stereocenters. The fourth-order valence-corrected chi connectivity index (χ4v) is 2.96. The monoisotopic (exact) mass is 473 g/mol. The first kappa shape index (κ1) is 24.9. The molecule has 1 aromatic heterocycles. The molecule has 172 valence electrons. The SMILES string of the molecule is O=P(O)(O)COCCOc1cc(OCCOCP(=O)(O)O)nc(N2CCOCC2)n1. The molecule has 2 heterocycles.